The molecule has 3 nitrogen and oxygen atoms in total. The van der Waals surface area contributed by atoms with E-state index in [0.29, 0.717) is 6.54 Å². The predicted molar refractivity (Wildman–Crippen MR) is 48.6 cm³/mol. The van der Waals surface area contributed by atoms with Gasteiger partial charge in [0.05, 0.1) is 13.2 Å². The molecule has 0 radical (unpaired) electrons. The minimum absolute atomic E-state index is 0.207. The fraction of sp³-hybridized carbons (Fsp3) is 0.667. The molecule has 0 aromatic carbocycles. The summed E-state index contributed by atoms with van der Waals surface area (Å²) >= 11 is 0. The van der Waals surface area contributed by atoms with Crippen molar-refractivity contribution in [2.75, 3.05) is 26.8 Å². The third-order valence-corrected chi connectivity index (χ3v) is 2.14. The summed E-state index contributed by atoms with van der Waals surface area (Å²) in [6.07, 6.45) is 0.994. The molecule has 0 aromatic heterocycles. The molecule has 1 rings (SSSR count). The average molecular weight is 168 g/mol. The topological polar surface area (TPSA) is 23.6 Å². The van der Waals surface area contributed by atoms with Crippen LogP contribution in [0, 0.1) is 0 Å². The van der Waals surface area contributed by atoms with Gasteiger partial charge in [0.15, 0.2) is 0 Å². The van der Waals surface area contributed by atoms with Gasteiger partial charge in [-0.05, 0) is 6.42 Å². The van der Waals surface area contributed by atoms with Crippen molar-refractivity contribution in [1.29, 1.82) is 0 Å². The van der Waals surface area contributed by atoms with Gasteiger partial charge >= 0.3 is 0 Å². The number of carbonyl (C=O) groups is 1. The summed E-state index contributed by atoms with van der Waals surface area (Å²) in [4.78, 5) is 15.0. The lowest BCUT2D eigenvalue weighted by molar-refractivity contribution is -0.125. The summed E-state index contributed by atoms with van der Waals surface area (Å²) in [5, 5.41) is 0. The number of amides is 1. The van der Waals surface area contributed by atoms with Crippen LogP contribution in [0.4, 0.5) is 0 Å². The first-order valence-electron chi connectivity index (χ1n) is 4.26. The Kier molecular flexibility index (Phi) is 2.87. The van der Waals surface area contributed by atoms with E-state index in [1.54, 1.807) is 4.90 Å². The van der Waals surface area contributed by atoms with E-state index in [2.05, 4.69) is 18.4 Å². The van der Waals surface area contributed by atoms with Crippen molar-refractivity contribution in [2.45, 2.75) is 13.3 Å². The summed E-state index contributed by atoms with van der Waals surface area (Å²) in [7, 11) is 1.83. The third kappa shape index (κ3) is 2.08. The van der Waals surface area contributed by atoms with Gasteiger partial charge in [-0.1, -0.05) is 19.1 Å². The number of hydrogen-bond donors (Lipinski definition) is 0. The van der Waals surface area contributed by atoms with E-state index in [1.165, 1.54) is 5.57 Å². The molecule has 0 bridgehead atoms. The fourth-order valence-corrected chi connectivity index (χ4v) is 1.27. The smallest absolute Gasteiger partial charge is 0.237 e. The molecule has 0 atom stereocenters. The summed E-state index contributed by atoms with van der Waals surface area (Å²) < 4.78 is 0. The van der Waals surface area contributed by atoms with Crippen molar-refractivity contribution in [3.8, 4) is 0 Å². The Morgan fingerprint density at radius 3 is 2.75 bits per heavy atom. The van der Waals surface area contributed by atoms with Gasteiger partial charge in [-0.15, -0.1) is 0 Å². The number of carbonyl (C=O) groups excluding carboxylic acids is 1. The first-order chi connectivity index (χ1) is 5.63. The molecule has 1 saturated heterocycles. The van der Waals surface area contributed by atoms with Gasteiger partial charge < -0.3 is 4.90 Å². The van der Waals surface area contributed by atoms with Crippen molar-refractivity contribution >= 4 is 5.91 Å². The second-order valence-corrected chi connectivity index (χ2v) is 3.32. The Balaban J connectivity index is 2.37. The molecule has 1 aliphatic rings. The summed E-state index contributed by atoms with van der Waals surface area (Å²) in [5.74, 6) is 0.207. The van der Waals surface area contributed by atoms with E-state index >= 15 is 0 Å². The largest absolute Gasteiger partial charge is 0.332 e. The van der Waals surface area contributed by atoms with Crippen LogP contribution in [-0.2, 0) is 4.79 Å². The Hall–Kier alpha value is -0.830. The Morgan fingerprint density at radius 1 is 1.67 bits per heavy atom. The molecule has 0 N–H and O–H groups in total. The number of likely N-dealkylation sites (N-methyl/N-ethyl adjacent to an activating group) is 1. The molecule has 0 aromatic rings. The quantitative estimate of drug-likeness (QED) is 0.579. The van der Waals surface area contributed by atoms with E-state index in [0.717, 1.165) is 19.6 Å². The van der Waals surface area contributed by atoms with E-state index in [4.69, 9.17) is 0 Å². The molecule has 1 aliphatic heterocycles. The highest BCUT2D eigenvalue weighted by molar-refractivity contribution is 5.79. The van der Waals surface area contributed by atoms with E-state index in [-0.39, 0.29) is 5.91 Å². The molecular weight excluding hydrogens is 152 g/mol. The van der Waals surface area contributed by atoms with Crippen molar-refractivity contribution in [1.82, 2.24) is 9.80 Å². The SMILES string of the molecule is C=C(CC)CN1CC(=O)N(C)C1. The lowest BCUT2D eigenvalue weighted by Crippen LogP contribution is -2.24. The van der Waals surface area contributed by atoms with Crippen LogP contribution in [0.3, 0.4) is 0 Å². The summed E-state index contributed by atoms with van der Waals surface area (Å²) in [6, 6.07) is 0. The Bertz CT molecular complexity index is 201. The van der Waals surface area contributed by atoms with Crippen LogP contribution in [0.1, 0.15) is 13.3 Å². The van der Waals surface area contributed by atoms with Crippen molar-refractivity contribution in [3.05, 3.63) is 12.2 Å². The second-order valence-electron chi connectivity index (χ2n) is 3.32. The maximum atomic E-state index is 11.1. The van der Waals surface area contributed by atoms with Gasteiger partial charge in [-0.25, -0.2) is 0 Å². The van der Waals surface area contributed by atoms with Crippen LogP contribution in [0.25, 0.3) is 0 Å². The molecular formula is C9H16N2O. The molecule has 3 heteroatoms. The highest BCUT2D eigenvalue weighted by Crippen LogP contribution is 2.07. The minimum Gasteiger partial charge on any atom is -0.332 e. The fourth-order valence-electron chi connectivity index (χ4n) is 1.27. The molecule has 0 saturated carbocycles. The Morgan fingerprint density at radius 2 is 2.33 bits per heavy atom. The van der Waals surface area contributed by atoms with Crippen LogP contribution >= 0.6 is 0 Å². The van der Waals surface area contributed by atoms with Crippen LogP contribution in [-0.4, -0.2) is 42.5 Å². The molecule has 0 spiro atoms. The minimum atomic E-state index is 0.207. The lowest BCUT2D eigenvalue weighted by atomic mass is 10.2. The molecule has 1 amide bonds. The third-order valence-electron chi connectivity index (χ3n) is 2.14. The van der Waals surface area contributed by atoms with Crippen LogP contribution in [0.15, 0.2) is 12.2 Å². The van der Waals surface area contributed by atoms with Crippen LogP contribution in [0.2, 0.25) is 0 Å². The van der Waals surface area contributed by atoms with Gasteiger partial charge in [0.1, 0.15) is 0 Å². The molecule has 1 heterocycles. The monoisotopic (exact) mass is 168 g/mol. The van der Waals surface area contributed by atoms with Gasteiger partial charge in [-0.2, -0.15) is 0 Å². The van der Waals surface area contributed by atoms with Gasteiger partial charge in [0.25, 0.3) is 0 Å². The van der Waals surface area contributed by atoms with Crippen molar-refractivity contribution < 1.29 is 4.79 Å². The van der Waals surface area contributed by atoms with E-state index < -0.39 is 0 Å². The summed E-state index contributed by atoms with van der Waals surface area (Å²) in [6.45, 7) is 8.16. The van der Waals surface area contributed by atoms with E-state index in [9.17, 15) is 4.79 Å². The molecule has 68 valence electrons. The first-order valence-corrected chi connectivity index (χ1v) is 4.26. The number of rotatable bonds is 3. The van der Waals surface area contributed by atoms with E-state index in [1.807, 2.05) is 7.05 Å². The normalized spacial score (nSPS) is 18.8. The zero-order chi connectivity index (χ0) is 9.14. The van der Waals surface area contributed by atoms with Crippen LogP contribution < -0.4 is 0 Å². The van der Waals surface area contributed by atoms with Gasteiger partial charge in [0.2, 0.25) is 5.91 Å². The number of hydrogen-bond acceptors (Lipinski definition) is 2. The van der Waals surface area contributed by atoms with Crippen LogP contribution in [0.5, 0.6) is 0 Å². The summed E-state index contributed by atoms with van der Waals surface area (Å²) in [5.41, 5.74) is 1.19. The molecule has 0 unspecified atom stereocenters. The molecule has 12 heavy (non-hydrogen) atoms. The maximum absolute atomic E-state index is 11.1. The highest BCUT2D eigenvalue weighted by atomic mass is 16.2. The zero-order valence-corrected chi connectivity index (χ0v) is 7.84. The number of nitrogens with zero attached hydrogens (tertiary/aromatic N) is 2. The standard InChI is InChI=1S/C9H16N2O/c1-4-8(2)5-11-6-9(12)10(3)7-11/h2,4-7H2,1,3H3. The predicted octanol–water partition coefficient (Wildman–Crippen LogP) is 0.684. The second kappa shape index (κ2) is 3.72. The maximum Gasteiger partial charge on any atom is 0.237 e. The van der Waals surface area contributed by atoms with Crippen molar-refractivity contribution in [2.24, 2.45) is 0 Å². The molecule has 0 aliphatic carbocycles. The Labute approximate surface area is 73.6 Å². The van der Waals surface area contributed by atoms with Crippen molar-refractivity contribution in [3.63, 3.8) is 0 Å². The highest BCUT2D eigenvalue weighted by Gasteiger charge is 2.23. The van der Waals surface area contributed by atoms with Gasteiger partial charge in [-0.3, -0.25) is 9.69 Å². The average Bonchev–Trinajstić information content (AvgIpc) is 2.31. The van der Waals surface area contributed by atoms with Gasteiger partial charge in [0, 0.05) is 13.6 Å². The lowest BCUT2D eigenvalue weighted by Gasteiger charge is -2.14. The molecule has 1 fully saturated rings. The zero-order valence-electron chi connectivity index (χ0n) is 7.84. The first kappa shape index (κ1) is 9.26.